The topological polar surface area (TPSA) is 105 Å². The van der Waals surface area contributed by atoms with E-state index in [1.54, 1.807) is 29.2 Å². The number of carbonyl (C=O) groups excluding carboxylic acids is 2. The van der Waals surface area contributed by atoms with Gasteiger partial charge in [-0.3, -0.25) is 14.3 Å². The van der Waals surface area contributed by atoms with Gasteiger partial charge >= 0.3 is 0 Å². The fraction of sp³-hybridized carbons (Fsp3) is 0.391. The van der Waals surface area contributed by atoms with Crippen molar-refractivity contribution in [3.63, 3.8) is 0 Å². The molecule has 0 spiro atoms. The van der Waals surface area contributed by atoms with Gasteiger partial charge in [-0.2, -0.15) is 0 Å². The van der Waals surface area contributed by atoms with Gasteiger partial charge in [-0.25, -0.2) is 8.42 Å². The fourth-order valence-corrected chi connectivity index (χ4v) is 4.71. The molecule has 0 unspecified atom stereocenters. The molecule has 1 aliphatic rings. The third-order valence-corrected chi connectivity index (χ3v) is 6.76. The maximum atomic E-state index is 13.0. The number of anilines is 1. The zero-order valence-corrected chi connectivity index (χ0v) is 19.2. The van der Waals surface area contributed by atoms with E-state index in [4.69, 9.17) is 4.74 Å². The summed E-state index contributed by atoms with van der Waals surface area (Å²) in [6.07, 6.45) is 3.30. The van der Waals surface area contributed by atoms with Crippen LogP contribution in [0.2, 0.25) is 0 Å². The third kappa shape index (κ3) is 5.59. The average Bonchev–Trinajstić information content (AvgIpc) is 3.29. The number of likely N-dealkylation sites (tertiary alicyclic amines) is 1. The van der Waals surface area contributed by atoms with Crippen LogP contribution in [0.1, 0.15) is 43.0 Å². The zero-order chi connectivity index (χ0) is 23.1. The molecular weight excluding hydrogens is 430 g/mol. The van der Waals surface area contributed by atoms with E-state index in [0.717, 1.165) is 19.3 Å². The summed E-state index contributed by atoms with van der Waals surface area (Å²) in [4.78, 5) is 27.1. The molecule has 2 amide bonds. The molecular formula is C23H29N3O5S. The SMILES string of the molecule is CCCCNC(=O)[C@@H]1CCCN1C(=O)c1ccc(NS(=O)(=O)c2cccc(OC)c2)cc1. The van der Waals surface area contributed by atoms with E-state index in [1.165, 1.54) is 31.4 Å². The van der Waals surface area contributed by atoms with Crippen molar-refractivity contribution in [1.29, 1.82) is 0 Å². The van der Waals surface area contributed by atoms with Crippen molar-refractivity contribution in [3.05, 3.63) is 54.1 Å². The molecule has 0 aliphatic carbocycles. The number of nitrogens with one attached hydrogen (secondary N) is 2. The summed E-state index contributed by atoms with van der Waals surface area (Å²) in [5, 5.41) is 2.90. The number of sulfonamides is 1. The van der Waals surface area contributed by atoms with E-state index in [9.17, 15) is 18.0 Å². The van der Waals surface area contributed by atoms with Gasteiger partial charge in [-0.1, -0.05) is 19.4 Å². The second kappa shape index (κ2) is 10.5. The van der Waals surface area contributed by atoms with Crippen LogP contribution >= 0.6 is 0 Å². The minimum Gasteiger partial charge on any atom is -0.497 e. The van der Waals surface area contributed by atoms with Gasteiger partial charge in [0, 0.05) is 30.4 Å². The standard InChI is InChI=1S/C23H29N3O5S/c1-3-4-14-24-22(27)21-9-6-15-26(21)23(28)17-10-12-18(13-11-17)25-32(29,30)20-8-5-7-19(16-20)31-2/h5,7-8,10-13,16,21,25H,3-4,6,9,14-15H2,1-2H3,(H,24,27)/t21-/m0/s1. The number of carbonyl (C=O) groups is 2. The second-order valence-electron chi connectivity index (χ2n) is 7.66. The predicted molar refractivity (Wildman–Crippen MR) is 122 cm³/mol. The van der Waals surface area contributed by atoms with Crippen LogP contribution in [-0.2, 0) is 14.8 Å². The van der Waals surface area contributed by atoms with Gasteiger partial charge in [0.05, 0.1) is 12.0 Å². The zero-order valence-electron chi connectivity index (χ0n) is 18.3. The molecule has 32 heavy (non-hydrogen) atoms. The monoisotopic (exact) mass is 459 g/mol. The van der Waals surface area contributed by atoms with Crippen LogP contribution in [0.15, 0.2) is 53.4 Å². The highest BCUT2D eigenvalue weighted by atomic mass is 32.2. The maximum absolute atomic E-state index is 13.0. The molecule has 0 radical (unpaired) electrons. The van der Waals surface area contributed by atoms with E-state index in [-0.39, 0.29) is 16.7 Å². The number of rotatable bonds is 9. The molecule has 1 fully saturated rings. The van der Waals surface area contributed by atoms with Gasteiger partial charge in [0.2, 0.25) is 5.91 Å². The van der Waals surface area contributed by atoms with E-state index in [1.807, 2.05) is 0 Å². The Balaban J connectivity index is 1.68. The van der Waals surface area contributed by atoms with E-state index >= 15 is 0 Å². The van der Waals surface area contributed by atoms with Crippen LogP contribution < -0.4 is 14.8 Å². The van der Waals surface area contributed by atoms with E-state index < -0.39 is 16.1 Å². The smallest absolute Gasteiger partial charge is 0.262 e. The van der Waals surface area contributed by atoms with Crippen molar-refractivity contribution in [2.24, 2.45) is 0 Å². The first-order chi connectivity index (χ1) is 15.4. The van der Waals surface area contributed by atoms with Crippen molar-refractivity contribution in [2.75, 3.05) is 24.9 Å². The first-order valence-corrected chi connectivity index (χ1v) is 12.2. The highest BCUT2D eigenvalue weighted by molar-refractivity contribution is 7.92. The predicted octanol–water partition coefficient (Wildman–Crippen LogP) is 3.02. The molecule has 3 rings (SSSR count). The van der Waals surface area contributed by atoms with E-state index in [0.29, 0.717) is 36.5 Å². The molecule has 2 aromatic rings. The van der Waals surface area contributed by atoms with Gasteiger partial charge in [0.15, 0.2) is 0 Å². The first-order valence-electron chi connectivity index (χ1n) is 10.7. The lowest BCUT2D eigenvalue weighted by atomic mass is 10.1. The minimum absolute atomic E-state index is 0.0750. The summed E-state index contributed by atoms with van der Waals surface area (Å²) in [5.74, 6) is 0.0834. The summed E-state index contributed by atoms with van der Waals surface area (Å²) in [7, 11) is -2.34. The summed E-state index contributed by atoms with van der Waals surface area (Å²) in [5.41, 5.74) is 0.738. The molecule has 0 aromatic heterocycles. The molecule has 1 aliphatic heterocycles. The number of methoxy groups -OCH3 is 1. The Kier molecular flexibility index (Phi) is 7.74. The third-order valence-electron chi connectivity index (χ3n) is 5.38. The lowest BCUT2D eigenvalue weighted by Crippen LogP contribution is -2.46. The van der Waals surface area contributed by atoms with Crippen molar-refractivity contribution in [3.8, 4) is 5.75 Å². The highest BCUT2D eigenvalue weighted by Gasteiger charge is 2.34. The Morgan fingerprint density at radius 2 is 1.91 bits per heavy atom. The van der Waals surface area contributed by atoms with Gasteiger partial charge in [0.25, 0.3) is 15.9 Å². The Bertz CT molecular complexity index is 1050. The number of hydrogen-bond acceptors (Lipinski definition) is 5. The van der Waals surface area contributed by atoms with Crippen LogP contribution in [0.4, 0.5) is 5.69 Å². The first kappa shape index (κ1) is 23.6. The van der Waals surface area contributed by atoms with Crippen LogP contribution in [0.5, 0.6) is 5.75 Å². The lowest BCUT2D eigenvalue weighted by Gasteiger charge is -2.24. The van der Waals surface area contributed by atoms with E-state index in [2.05, 4.69) is 17.0 Å². The van der Waals surface area contributed by atoms with Crippen molar-refractivity contribution in [2.45, 2.75) is 43.5 Å². The summed E-state index contributed by atoms with van der Waals surface area (Å²) >= 11 is 0. The maximum Gasteiger partial charge on any atom is 0.262 e. The summed E-state index contributed by atoms with van der Waals surface area (Å²) in [6, 6.07) is 11.9. The number of amides is 2. The van der Waals surface area contributed by atoms with Crippen molar-refractivity contribution >= 4 is 27.5 Å². The molecule has 0 bridgehead atoms. The molecule has 1 atom stereocenters. The Hall–Kier alpha value is -3.07. The number of nitrogens with zero attached hydrogens (tertiary/aromatic N) is 1. The van der Waals surface area contributed by atoms with Crippen molar-refractivity contribution in [1.82, 2.24) is 10.2 Å². The second-order valence-corrected chi connectivity index (χ2v) is 9.35. The van der Waals surface area contributed by atoms with Gasteiger partial charge in [-0.15, -0.1) is 0 Å². The van der Waals surface area contributed by atoms with Crippen LogP contribution in [-0.4, -0.2) is 51.4 Å². The Labute approximate surface area is 189 Å². The van der Waals surface area contributed by atoms with Gasteiger partial charge in [-0.05, 0) is 55.7 Å². The summed E-state index contributed by atoms with van der Waals surface area (Å²) < 4.78 is 32.9. The number of unbranched alkanes of at least 4 members (excludes halogenated alkanes) is 1. The molecule has 2 N–H and O–H groups in total. The van der Waals surface area contributed by atoms with Gasteiger partial charge < -0.3 is 15.0 Å². The number of hydrogen-bond donors (Lipinski definition) is 2. The normalized spacial score (nSPS) is 15.9. The molecule has 1 saturated heterocycles. The fourth-order valence-electron chi connectivity index (χ4n) is 3.62. The molecule has 1 heterocycles. The quantitative estimate of drug-likeness (QED) is 0.561. The van der Waals surface area contributed by atoms with Crippen molar-refractivity contribution < 1.29 is 22.7 Å². The molecule has 2 aromatic carbocycles. The van der Waals surface area contributed by atoms with Crippen LogP contribution in [0.25, 0.3) is 0 Å². The molecule has 8 nitrogen and oxygen atoms in total. The minimum atomic E-state index is -3.80. The summed E-state index contributed by atoms with van der Waals surface area (Å²) in [6.45, 7) is 3.18. The molecule has 9 heteroatoms. The number of benzene rings is 2. The largest absolute Gasteiger partial charge is 0.497 e. The van der Waals surface area contributed by atoms with Crippen LogP contribution in [0.3, 0.4) is 0 Å². The lowest BCUT2D eigenvalue weighted by molar-refractivity contribution is -0.124. The number of ether oxygens (including phenoxy) is 1. The average molecular weight is 460 g/mol. The highest BCUT2D eigenvalue weighted by Crippen LogP contribution is 2.23. The molecule has 172 valence electrons. The Morgan fingerprint density at radius 1 is 1.16 bits per heavy atom. The van der Waals surface area contributed by atoms with Gasteiger partial charge in [0.1, 0.15) is 11.8 Å². The van der Waals surface area contributed by atoms with Crippen LogP contribution in [0, 0.1) is 0 Å². The Morgan fingerprint density at radius 3 is 2.59 bits per heavy atom. The molecule has 0 saturated carbocycles.